The molecule has 2 aromatic carbocycles. The van der Waals surface area contributed by atoms with Crippen LogP contribution in [-0.4, -0.2) is 15.7 Å². The number of rotatable bonds is 3. The van der Waals surface area contributed by atoms with Gasteiger partial charge in [-0.05, 0) is 17.2 Å². The lowest BCUT2D eigenvalue weighted by Crippen LogP contribution is -1.98. The van der Waals surface area contributed by atoms with E-state index >= 15 is 0 Å². The minimum Gasteiger partial charge on any atom is -0.422 e. The largest absolute Gasteiger partial charge is 0.422 e. The summed E-state index contributed by atoms with van der Waals surface area (Å²) in [6, 6.07) is 21.3. The number of carbonyl (C=O) groups excluding carboxylic acids is 1. The molecule has 0 aliphatic carbocycles. The number of aromatic nitrogens is 2. The summed E-state index contributed by atoms with van der Waals surface area (Å²) >= 11 is 0. The molecule has 0 amide bonds. The standard InChI is InChI=1S/C21H16N2O2/c1-23-17(12-13-22-23)14-18-19(15-8-4-2-5-9-15)20(21(24)25-18)16-10-6-3-7-11-16/h2-14H,1H3/b18-14-. The van der Waals surface area contributed by atoms with Crippen LogP contribution in [0.2, 0.25) is 0 Å². The molecular formula is C21H16N2O2. The molecule has 0 N–H and O–H groups in total. The van der Waals surface area contributed by atoms with Crippen LogP contribution in [0.15, 0.2) is 78.7 Å². The third kappa shape index (κ3) is 2.78. The van der Waals surface area contributed by atoms with Gasteiger partial charge in [0.25, 0.3) is 0 Å². The SMILES string of the molecule is Cn1nccc1/C=C1\OC(=O)C(c2ccccc2)=C1c1ccccc1. The lowest BCUT2D eigenvalue weighted by molar-refractivity contribution is -0.131. The summed E-state index contributed by atoms with van der Waals surface area (Å²) in [4.78, 5) is 12.6. The molecule has 4 heteroatoms. The van der Waals surface area contributed by atoms with Gasteiger partial charge in [-0.1, -0.05) is 60.7 Å². The summed E-state index contributed by atoms with van der Waals surface area (Å²) < 4.78 is 7.37. The van der Waals surface area contributed by atoms with Crippen molar-refractivity contribution in [1.29, 1.82) is 0 Å². The Morgan fingerprint density at radius 1 is 0.880 bits per heavy atom. The molecule has 2 heterocycles. The number of nitrogens with zero attached hydrogens (tertiary/aromatic N) is 2. The van der Waals surface area contributed by atoms with Crippen molar-refractivity contribution in [1.82, 2.24) is 9.78 Å². The zero-order valence-corrected chi connectivity index (χ0v) is 13.7. The van der Waals surface area contributed by atoms with Crippen molar-refractivity contribution < 1.29 is 9.53 Å². The van der Waals surface area contributed by atoms with Gasteiger partial charge < -0.3 is 4.74 Å². The minimum absolute atomic E-state index is 0.335. The van der Waals surface area contributed by atoms with Gasteiger partial charge in [-0.3, -0.25) is 4.68 Å². The van der Waals surface area contributed by atoms with Crippen LogP contribution >= 0.6 is 0 Å². The highest BCUT2D eigenvalue weighted by molar-refractivity contribution is 6.30. The fraction of sp³-hybridized carbons (Fsp3) is 0.0476. The van der Waals surface area contributed by atoms with E-state index in [1.807, 2.05) is 79.9 Å². The van der Waals surface area contributed by atoms with Crippen LogP contribution in [0.3, 0.4) is 0 Å². The van der Waals surface area contributed by atoms with Gasteiger partial charge in [0.1, 0.15) is 5.76 Å². The Bertz CT molecular complexity index is 983. The first-order valence-corrected chi connectivity index (χ1v) is 8.01. The number of carbonyl (C=O) groups is 1. The Morgan fingerprint density at radius 3 is 2.04 bits per heavy atom. The number of esters is 1. The second kappa shape index (κ2) is 6.24. The molecule has 0 spiro atoms. The van der Waals surface area contributed by atoms with Crippen LogP contribution < -0.4 is 0 Å². The smallest absolute Gasteiger partial charge is 0.344 e. The Labute approximate surface area is 145 Å². The average molecular weight is 328 g/mol. The highest BCUT2D eigenvalue weighted by atomic mass is 16.5. The Kier molecular flexibility index (Phi) is 3.78. The van der Waals surface area contributed by atoms with Crippen molar-refractivity contribution in [2.45, 2.75) is 0 Å². The van der Waals surface area contributed by atoms with E-state index < -0.39 is 0 Å². The fourth-order valence-corrected chi connectivity index (χ4v) is 2.95. The second-order valence-corrected chi connectivity index (χ2v) is 5.76. The molecule has 0 saturated heterocycles. The van der Waals surface area contributed by atoms with Crippen molar-refractivity contribution >= 4 is 23.2 Å². The Hall–Kier alpha value is -3.40. The molecule has 1 aromatic heterocycles. The van der Waals surface area contributed by atoms with E-state index in [0.29, 0.717) is 11.3 Å². The van der Waals surface area contributed by atoms with Crippen LogP contribution in [0.1, 0.15) is 16.8 Å². The zero-order chi connectivity index (χ0) is 17.2. The normalized spacial score (nSPS) is 15.7. The van der Waals surface area contributed by atoms with Crippen molar-refractivity contribution in [3.05, 3.63) is 95.5 Å². The van der Waals surface area contributed by atoms with E-state index in [2.05, 4.69) is 5.10 Å². The van der Waals surface area contributed by atoms with Crippen molar-refractivity contribution in [3.63, 3.8) is 0 Å². The van der Waals surface area contributed by atoms with E-state index in [0.717, 1.165) is 22.4 Å². The lowest BCUT2D eigenvalue weighted by Gasteiger charge is -2.06. The van der Waals surface area contributed by atoms with Crippen LogP contribution in [0.4, 0.5) is 0 Å². The molecule has 0 unspecified atom stereocenters. The van der Waals surface area contributed by atoms with Crippen molar-refractivity contribution in [2.24, 2.45) is 7.05 Å². The summed E-state index contributed by atoms with van der Waals surface area (Å²) in [7, 11) is 1.85. The number of hydrogen-bond donors (Lipinski definition) is 0. The highest BCUT2D eigenvalue weighted by Gasteiger charge is 2.31. The van der Waals surface area contributed by atoms with E-state index in [4.69, 9.17) is 4.74 Å². The van der Waals surface area contributed by atoms with Gasteiger partial charge >= 0.3 is 5.97 Å². The number of benzene rings is 2. The van der Waals surface area contributed by atoms with E-state index in [9.17, 15) is 4.79 Å². The zero-order valence-electron chi connectivity index (χ0n) is 13.7. The number of hydrogen-bond acceptors (Lipinski definition) is 3. The van der Waals surface area contributed by atoms with Crippen LogP contribution in [0.5, 0.6) is 0 Å². The average Bonchev–Trinajstić information content (AvgIpc) is 3.19. The maximum atomic E-state index is 12.6. The summed E-state index contributed by atoms with van der Waals surface area (Å²) in [5, 5.41) is 4.17. The molecule has 122 valence electrons. The topological polar surface area (TPSA) is 44.1 Å². The van der Waals surface area contributed by atoms with E-state index in [1.54, 1.807) is 10.9 Å². The summed E-state index contributed by atoms with van der Waals surface area (Å²) in [6.45, 7) is 0. The lowest BCUT2D eigenvalue weighted by atomic mass is 9.95. The van der Waals surface area contributed by atoms with E-state index in [1.165, 1.54) is 0 Å². The summed E-state index contributed by atoms with van der Waals surface area (Å²) in [6.07, 6.45) is 3.57. The summed E-state index contributed by atoms with van der Waals surface area (Å²) in [5.74, 6) is 0.206. The molecule has 25 heavy (non-hydrogen) atoms. The van der Waals surface area contributed by atoms with Gasteiger partial charge in [0.15, 0.2) is 0 Å². The third-order valence-electron chi connectivity index (χ3n) is 4.17. The van der Waals surface area contributed by atoms with Crippen molar-refractivity contribution in [3.8, 4) is 0 Å². The second-order valence-electron chi connectivity index (χ2n) is 5.76. The molecule has 0 saturated carbocycles. The molecule has 0 radical (unpaired) electrons. The number of ether oxygens (including phenoxy) is 1. The molecule has 3 aromatic rings. The van der Waals surface area contributed by atoms with Gasteiger partial charge in [0.2, 0.25) is 0 Å². The third-order valence-corrected chi connectivity index (χ3v) is 4.17. The Morgan fingerprint density at radius 2 is 1.48 bits per heavy atom. The maximum absolute atomic E-state index is 12.6. The quantitative estimate of drug-likeness (QED) is 0.684. The molecule has 4 rings (SSSR count). The molecule has 1 aliphatic rings. The summed E-state index contributed by atoms with van der Waals surface area (Å²) in [5.41, 5.74) is 4.05. The number of cyclic esters (lactones) is 1. The minimum atomic E-state index is -0.335. The fourth-order valence-electron chi connectivity index (χ4n) is 2.95. The molecule has 4 nitrogen and oxygen atoms in total. The molecule has 1 aliphatic heterocycles. The van der Waals surface area contributed by atoms with E-state index in [-0.39, 0.29) is 5.97 Å². The predicted octanol–water partition coefficient (Wildman–Crippen LogP) is 3.93. The molecular weight excluding hydrogens is 312 g/mol. The van der Waals surface area contributed by atoms with Gasteiger partial charge in [-0.2, -0.15) is 5.10 Å². The van der Waals surface area contributed by atoms with Crippen LogP contribution in [-0.2, 0) is 16.6 Å². The monoisotopic (exact) mass is 328 g/mol. The molecule has 0 fully saturated rings. The molecule has 0 bridgehead atoms. The van der Waals surface area contributed by atoms with Gasteiger partial charge in [0.05, 0.1) is 11.3 Å². The first kappa shape index (κ1) is 15.1. The van der Waals surface area contributed by atoms with Gasteiger partial charge in [-0.15, -0.1) is 0 Å². The Balaban J connectivity index is 1.95. The van der Waals surface area contributed by atoms with Gasteiger partial charge in [0, 0.05) is 24.9 Å². The predicted molar refractivity (Wildman–Crippen MR) is 97.0 cm³/mol. The number of allylic oxidation sites excluding steroid dienone is 1. The number of aryl methyl sites for hydroxylation is 1. The van der Waals surface area contributed by atoms with Crippen molar-refractivity contribution in [2.75, 3.05) is 0 Å². The van der Waals surface area contributed by atoms with Gasteiger partial charge in [-0.25, -0.2) is 4.79 Å². The van der Waals surface area contributed by atoms with Crippen LogP contribution in [0.25, 0.3) is 17.2 Å². The first-order valence-electron chi connectivity index (χ1n) is 8.01. The first-order chi connectivity index (χ1) is 12.2. The highest BCUT2D eigenvalue weighted by Crippen LogP contribution is 2.40. The maximum Gasteiger partial charge on any atom is 0.344 e. The molecule has 0 atom stereocenters. The van der Waals surface area contributed by atoms with Crippen LogP contribution in [0, 0.1) is 0 Å².